The summed E-state index contributed by atoms with van der Waals surface area (Å²) < 4.78 is 5.48. The Kier molecular flexibility index (Phi) is 6.51. The first-order valence-corrected chi connectivity index (χ1v) is 13.0. The second-order valence-electron chi connectivity index (χ2n) is 10.9. The van der Waals surface area contributed by atoms with Crippen molar-refractivity contribution in [1.29, 1.82) is 0 Å². The number of aliphatic hydroxyl groups excluding tert-OH is 1. The minimum Gasteiger partial charge on any atom is -0.507 e. The van der Waals surface area contributed by atoms with E-state index < -0.39 is 17.7 Å². The van der Waals surface area contributed by atoms with Gasteiger partial charge in [0.25, 0.3) is 5.78 Å². The molecular weight excluding hydrogens is 514 g/mol. The number of nitrogens with zero attached hydrogens (tertiary/aromatic N) is 2. The van der Waals surface area contributed by atoms with Gasteiger partial charge in [-0.15, -0.1) is 0 Å². The van der Waals surface area contributed by atoms with E-state index in [1.54, 1.807) is 12.1 Å². The minimum absolute atomic E-state index is 0.0693. The van der Waals surface area contributed by atoms with E-state index in [1.807, 2.05) is 56.3 Å². The third-order valence-electron chi connectivity index (χ3n) is 7.04. The van der Waals surface area contributed by atoms with Crippen LogP contribution in [-0.2, 0) is 15.0 Å². The smallest absolute Gasteiger partial charge is 0.302 e. The number of aliphatic hydroxyl groups is 1. The molecule has 0 aliphatic carbocycles. The van der Waals surface area contributed by atoms with Crippen molar-refractivity contribution in [1.82, 2.24) is 9.97 Å². The molecule has 200 valence electrons. The highest BCUT2D eigenvalue weighted by atomic mass is 35.5. The molecule has 0 radical (unpaired) electrons. The van der Waals surface area contributed by atoms with E-state index in [0.29, 0.717) is 11.1 Å². The number of methoxy groups -OCH3 is 1. The lowest BCUT2D eigenvalue weighted by molar-refractivity contribution is -0.132. The minimum atomic E-state index is -0.940. The number of hydrogen-bond acceptors (Lipinski definition) is 5. The molecule has 0 bridgehead atoms. The summed E-state index contributed by atoms with van der Waals surface area (Å²) in [5.41, 5.74) is 4.99. The van der Waals surface area contributed by atoms with Gasteiger partial charge in [-0.1, -0.05) is 62.7 Å². The van der Waals surface area contributed by atoms with Crippen molar-refractivity contribution in [3.05, 3.63) is 93.0 Å². The third kappa shape index (κ3) is 4.57. The molecule has 1 aliphatic rings. The molecule has 8 heteroatoms. The number of Topliss-reactive ketones (excluding diaryl/α,β-unsaturated/α-hetero) is 1. The van der Waals surface area contributed by atoms with Crippen LogP contribution in [0.25, 0.3) is 16.8 Å². The van der Waals surface area contributed by atoms with Gasteiger partial charge in [0.05, 0.1) is 40.3 Å². The largest absolute Gasteiger partial charge is 0.507 e. The molecule has 4 aromatic rings. The Morgan fingerprint density at radius 2 is 1.72 bits per heavy atom. The molecule has 5 rings (SSSR count). The molecule has 7 nitrogen and oxygen atoms in total. The van der Waals surface area contributed by atoms with Crippen molar-refractivity contribution in [2.24, 2.45) is 0 Å². The number of ketones is 1. The molecule has 1 amide bonds. The summed E-state index contributed by atoms with van der Waals surface area (Å²) in [6.07, 6.45) is 0. The Labute approximate surface area is 232 Å². The summed E-state index contributed by atoms with van der Waals surface area (Å²) in [7, 11) is 1.44. The van der Waals surface area contributed by atoms with Crippen LogP contribution in [0.2, 0.25) is 5.02 Å². The zero-order valence-corrected chi connectivity index (χ0v) is 23.5. The van der Waals surface area contributed by atoms with E-state index in [1.165, 1.54) is 12.0 Å². The van der Waals surface area contributed by atoms with E-state index in [0.717, 1.165) is 22.2 Å². The van der Waals surface area contributed by atoms with Crippen molar-refractivity contribution in [3.8, 4) is 5.75 Å². The first-order valence-electron chi connectivity index (χ1n) is 12.6. The number of amides is 1. The fourth-order valence-corrected chi connectivity index (χ4v) is 5.36. The molecule has 3 aromatic carbocycles. The average molecular weight is 544 g/mol. The second kappa shape index (κ2) is 9.58. The molecule has 1 aliphatic heterocycles. The second-order valence-corrected chi connectivity index (χ2v) is 11.4. The maximum absolute atomic E-state index is 13.6. The highest BCUT2D eigenvalue weighted by molar-refractivity contribution is 6.51. The van der Waals surface area contributed by atoms with Crippen molar-refractivity contribution in [2.45, 2.75) is 46.1 Å². The van der Waals surface area contributed by atoms with E-state index >= 15 is 0 Å². The Morgan fingerprint density at radius 1 is 1.03 bits per heavy atom. The Balaban J connectivity index is 1.76. The predicted octanol–water partition coefficient (Wildman–Crippen LogP) is 6.77. The van der Waals surface area contributed by atoms with Gasteiger partial charge in [0, 0.05) is 0 Å². The maximum Gasteiger partial charge on any atom is 0.302 e. The van der Waals surface area contributed by atoms with Crippen molar-refractivity contribution < 1.29 is 19.4 Å². The van der Waals surface area contributed by atoms with Gasteiger partial charge >= 0.3 is 5.91 Å². The van der Waals surface area contributed by atoms with Crippen molar-refractivity contribution in [3.63, 3.8) is 0 Å². The van der Waals surface area contributed by atoms with Gasteiger partial charge in [0.15, 0.2) is 0 Å². The van der Waals surface area contributed by atoms with Crippen LogP contribution in [0.3, 0.4) is 0 Å². The first-order chi connectivity index (χ1) is 18.4. The standard InChI is InChI=1S/C31H30ClN3O4/c1-16-7-12-22-23(15-16)34-30(33-22)35-25(18-8-10-19(11-9-18)31(3,4)5)24(27(37)29(35)38)26(36)20-13-17(2)14-21(32)28(20)39-6/h7-15,25,36H,1-6H3,(H,33,34)/b26-24+. The van der Waals surface area contributed by atoms with Gasteiger partial charge in [0.1, 0.15) is 11.5 Å². The highest BCUT2D eigenvalue weighted by Crippen LogP contribution is 2.44. The molecule has 0 spiro atoms. The predicted molar refractivity (Wildman–Crippen MR) is 153 cm³/mol. The van der Waals surface area contributed by atoms with Gasteiger partial charge in [-0.3, -0.25) is 14.5 Å². The molecule has 1 atom stereocenters. The van der Waals surface area contributed by atoms with Gasteiger partial charge in [-0.2, -0.15) is 0 Å². The molecule has 2 N–H and O–H groups in total. The SMILES string of the molecule is COc1c(Cl)cc(C)cc1/C(O)=C1\C(=O)C(=O)N(c2nc3ccc(C)cc3[nH]2)C1c1ccc(C(C)(C)C)cc1. The number of halogens is 1. The highest BCUT2D eigenvalue weighted by Gasteiger charge is 2.48. The topological polar surface area (TPSA) is 95.5 Å². The van der Waals surface area contributed by atoms with Crippen molar-refractivity contribution >= 4 is 46.0 Å². The molecule has 2 heterocycles. The van der Waals surface area contributed by atoms with Crippen LogP contribution in [0.15, 0.2) is 60.2 Å². The van der Waals surface area contributed by atoms with Crippen LogP contribution in [0, 0.1) is 13.8 Å². The van der Waals surface area contributed by atoms with Gasteiger partial charge in [-0.25, -0.2) is 4.98 Å². The fourth-order valence-electron chi connectivity index (χ4n) is 5.01. The average Bonchev–Trinajstić information content (AvgIpc) is 3.40. The lowest BCUT2D eigenvalue weighted by Gasteiger charge is -2.25. The number of H-pyrrole nitrogens is 1. The van der Waals surface area contributed by atoms with E-state index in [4.69, 9.17) is 16.3 Å². The number of anilines is 1. The molecule has 1 unspecified atom stereocenters. The van der Waals surface area contributed by atoms with Crippen LogP contribution in [-0.4, -0.2) is 33.9 Å². The maximum atomic E-state index is 13.6. The number of benzene rings is 3. The third-order valence-corrected chi connectivity index (χ3v) is 7.32. The Bertz CT molecular complexity index is 1660. The number of hydrogen-bond donors (Lipinski definition) is 2. The zero-order valence-electron chi connectivity index (χ0n) is 22.7. The number of carbonyl (C=O) groups excluding carboxylic acids is 2. The van der Waals surface area contributed by atoms with Crippen LogP contribution in [0.4, 0.5) is 5.95 Å². The van der Waals surface area contributed by atoms with Crippen LogP contribution < -0.4 is 9.64 Å². The lowest BCUT2D eigenvalue weighted by atomic mass is 9.85. The number of ether oxygens (including phenoxy) is 1. The first kappa shape index (κ1) is 26.5. The summed E-state index contributed by atoms with van der Waals surface area (Å²) in [6.45, 7) is 10.1. The summed E-state index contributed by atoms with van der Waals surface area (Å²) in [5, 5.41) is 11.9. The lowest BCUT2D eigenvalue weighted by Crippen LogP contribution is -2.30. The van der Waals surface area contributed by atoms with E-state index in [-0.39, 0.29) is 39.0 Å². The Morgan fingerprint density at radius 3 is 2.36 bits per heavy atom. The molecule has 39 heavy (non-hydrogen) atoms. The number of nitrogens with one attached hydrogen (secondary N) is 1. The summed E-state index contributed by atoms with van der Waals surface area (Å²) in [4.78, 5) is 36.4. The zero-order chi connectivity index (χ0) is 28.2. The molecule has 0 saturated carbocycles. The summed E-state index contributed by atoms with van der Waals surface area (Å²) in [6, 6.07) is 15.9. The van der Waals surface area contributed by atoms with E-state index in [9.17, 15) is 14.7 Å². The van der Waals surface area contributed by atoms with Crippen molar-refractivity contribution in [2.75, 3.05) is 12.0 Å². The monoisotopic (exact) mass is 543 g/mol. The fraction of sp³-hybridized carbons (Fsp3) is 0.258. The van der Waals surface area contributed by atoms with Crippen LogP contribution in [0.1, 0.15) is 54.6 Å². The number of fused-ring (bicyclic) bond motifs is 1. The number of carbonyl (C=O) groups is 2. The molecule has 1 aromatic heterocycles. The normalized spacial score (nSPS) is 17.3. The quantitative estimate of drug-likeness (QED) is 0.168. The number of aryl methyl sites for hydroxylation is 2. The van der Waals surface area contributed by atoms with Crippen LogP contribution in [0.5, 0.6) is 5.75 Å². The molecular formula is C31H30ClN3O4. The number of aromatic nitrogens is 2. The van der Waals surface area contributed by atoms with Gasteiger partial charge < -0.3 is 14.8 Å². The molecule has 1 fully saturated rings. The summed E-state index contributed by atoms with van der Waals surface area (Å²) >= 11 is 6.41. The number of aromatic amines is 1. The number of rotatable bonds is 4. The molecule has 1 saturated heterocycles. The number of imidazole rings is 1. The van der Waals surface area contributed by atoms with E-state index in [2.05, 4.69) is 30.7 Å². The van der Waals surface area contributed by atoms with Gasteiger partial charge in [-0.05, 0) is 65.8 Å². The Hall–Kier alpha value is -4.10. The van der Waals surface area contributed by atoms with Crippen LogP contribution >= 0.6 is 11.6 Å². The van der Waals surface area contributed by atoms with Gasteiger partial charge in [0.2, 0.25) is 5.95 Å². The summed E-state index contributed by atoms with van der Waals surface area (Å²) in [5.74, 6) is -1.55.